The quantitative estimate of drug-likeness (QED) is 0.540. The minimum Gasteiger partial charge on any atom is -0.0625 e. The lowest BCUT2D eigenvalue weighted by Gasteiger charge is -2.50. The molecule has 2 aliphatic carbocycles. The summed E-state index contributed by atoms with van der Waals surface area (Å²) in [6, 6.07) is 0. The third kappa shape index (κ3) is 1.11. The van der Waals surface area contributed by atoms with Crippen LogP contribution in [0, 0.1) is 29.6 Å². The van der Waals surface area contributed by atoms with Gasteiger partial charge in [-0.15, -0.1) is 0 Å². The van der Waals surface area contributed by atoms with Crippen molar-refractivity contribution >= 4 is 0 Å². The molecule has 0 spiro atoms. The molecule has 0 amide bonds. The Hall–Kier alpha value is 0. The van der Waals surface area contributed by atoms with Crippen molar-refractivity contribution in [1.82, 2.24) is 0 Å². The third-order valence-electron chi connectivity index (χ3n) is 4.23. The zero-order valence-electron chi connectivity index (χ0n) is 8.01. The van der Waals surface area contributed by atoms with Crippen molar-refractivity contribution in [3.05, 3.63) is 0 Å². The van der Waals surface area contributed by atoms with Crippen LogP contribution in [-0.2, 0) is 0 Å². The molecule has 0 aliphatic heterocycles. The molecule has 2 aliphatic rings. The second-order valence-corrected chi connectivity index (χ2v) is 5.07. The van der Waals surface area contributed by atoms with Crippen LogP contribution in [0.1, 0.15) is 40.0 Å². The highest BCUT2D eigenvalue weighted by molar-refractivity contribution is 4.92. The van der Waals surface area contributed by atoms with Crippen LogP contribution in [0.4, 0.5) is 0 Å². The molecule has 2 saturated carbocycles. The first kappa shape index (κ1) is 7.64. The molecule has 0 nitrogen and oxygen atoms in total. The molecule has 0 aromatic heterocycles. The molecule has 0 N–H and O–H groups in total. The highest BCUT2D eigenvalue weighted by Crippen LogP contribution is 2.52. The van der Waals surface area contributed by atoms with Gasteiger partial charge in [0.25, 0.3) is 0 Å². The second kappa shape index (κ2) is 2.50. The van der Waals surface area contributed by atoms with Crippen LogP contribution < -0.4 is 0 Å². The Kier molecular flexibility index (Phi) is 1.74. The monoisotopic (exact) mass is 152 g/mol. The average Bonchev–Trinajstić information content (AvgIpc) is 1.94. The minimum atomic E-state index is 1.02. The van der Waals surface area contributed by atoms with E-state index >= 15 is 0 Å². The topological polar surface area (TPSA) is 0 Å². The molecule has 0 heteroatoms. The Bertz CT molecular complexity index is 144. The first-order valence-corrected chi connectivity index (χ1v) is 5.18. The van der Waals surface area contributed by atoms with Crippen LogP contribution >= 0.6 is 0 Å². The standard InChI is InChI=1S/C11H20/c1-7-4-10(5-7)11-6-8(2)9(11)3/h7-11H,4-6H2,1-3H3. The zero-order valence-corrected chi connectivity index (χ0v) is 8.01. The predicted octanol–water partition coefficient (Wildman–Crippen LogP) is 3.32. The van der Waals surface area contributed by atoms with Crippen LogP contribution in [-0.4, -0.2) is 0 Å². The number of hydrogen-bond donors (Lipinski definition) is 0. The number of rotatable bonds is 1. The van der Waals surface area contributed by atoms with E-state index in [1.807, 2.05) is 0 Å². The van der Waals surface area contributed by atoms with E-state index in [1.54, 1.807) is 0 Å². The normalized spacial score (nSPS) is 56.5. The Balaban J connectivity index is 1.81. The van der Waals surface area contributed by atoms with Crippen molar-refractivity contribution in [2.45, 2.75) is 40.0 Å². The van der Waals surface area contributed by atoms with E-state index in [0.717, 1.165) is 29.6 Å². The molecule has 3 atom stereocenters. The van der Waals surface area contributed by atoms with Gasteiger partial charge in [-0.25, -0.2) is 0 Å². The maximum absolute atomic E-state index is 2.45. The maximum atomic E-state index is 2.45. The molecule has 2 rings (SSSR count). The lowest BCUT2D eigenvalue weighted by molar-refractivity contribution is -0.00858. The lowest BCUT2D eigenvalue weighted by Crippen LogP contribution is -2.42. The van der Waals surface area contributed by atoms with Crippen molar-refractivity contribution < 1.29 is 0 Å². The first-order valence-electron chi connectivity index (χ1n) is 5.18. The molecule has 11 heavy (non-hydrogen) atoms. The van der Waals surface area contributed by atoms with E-state index in [0.29, 0.717) is 0 Å². The molecule has 2 fully saturated rings. The van der Waals surface area contributed by atoms with Crippen molar-refractivity contribution in [3.63, 3.8) is 0 Å². The van der Waals surface area contributed by atoms with Crippen LogP contribution in [0.25, 0.3) is 0 Å². The van der Waals surface area contributed by atoms with Crippen LogP contribution in [0.15, 0.2) is 0 Å². The summed E-state index contributed by atoms with van der Waals surface area (Å²) in [5, 5.41) is 0. The molecule has 3 unspecified atom stereocenters. The summed E-state index contributed by atoms with van der Waals surface area (Å²) in [6.45, 7) is 7.24. The zero-order chi connectivity index (χ0) is 8.01. The summed E-state index contributed by atoms with van der Waals surface area (Å²) in [4.78, 5) is 0. The minimum absolute atomic E-state index is 1.02. The van der Waals surface area contributed by atoms with E-state index in [1.165, 1.54) is 19.3 Å². The lowest BCUT2D eigenvalue weighted by atomic mass is 9.55. The first-order chi connectivity index (χ1) is 5.18. The molecule has 0 bridgehead atoms. The van der Waals surface area contributed by atoms with Gasteiger partial charge in [-0.3, -0.25) is 0 Å². The van der Waals surface area contributed by atoms with Gasteiger partial charge in [-0.1, -0.05) is 20.8 Å². The van der Waals surface area contributed by atoms with Gasteiger partial charge in [0.1, 0.15) is 0 Å². The van der Waals surface area contributed by atoms with Crippen molar-refractivity contribution in [3.8, 4) is 0 Å². The van der Waals surface area contributed by atoms with Gasteiger partial charge in [0, 0.05) is 0 Å². The SMILES string of the molecule is CC1CC(C2CC(C)C2C)C1. The largest absolute Gasteiger partial charge is 0.0625 e. The summed E-state index contributed by atoms with van der Waals surface area (Å²) >= 11 is 0. The molecule has 0 radical (unpaired) electrons. The van der Waals surface area contributed by atoms with Gasteiger partial charge >= 0.3 is 0 Å². The fraction of sp³-hybridized carbons (Fsp3) is 1.00. The Morgan fingerprint density at radius 2 is 1.55 bits per heavy atom. The van der Waals surface area contributed by atoms with Gasteiger partial charge in [0.05, 0.1) is 0 Å². The van der Waals surface area contributed by atoms with Crippen LogP contribution in [0.2, 0.25) is 0 Å². The smallest absolute Gasteiger partial charge is 0.0355 e. The summed E-state index contributed by atoms with van der Waals surface area (Å²) in [5.74, 6) is 5.34. The Morgan fingerprint density at radius 3 is 1.91 bits per heavy atom. The van der Waals surface area contributed by atoms with Gasteiger partial charge in [0.2, 0.25) is 0 Å². The van der Waals surface area contributed by atoms with Gasteiger partial charge in [0.15, 0.2) is 0 Å². The number of hydrogen-bond acceptors (Lipinski definition) is 0. The second-order valence-electron chi connectivity index (χ2n) is 5.07. The maximum Gasteiger partial charge on any atom is -0.0355 e. The fourth-order valence-corrected chi connectivity index (χ4v) is 3.02. The summed E-state index contributed by atoms with van der Waals surface area (Å²) in [6.07, 6.45) is 4.59. The molecule has 0 aromatic rings. The van der Waals surface area contributed by atoms with Gasteiger partial charge in [-0.2, -0.15) is 0 Å². The molecule has 0 saturated heterocycles. The Labute approximate surface area is 70.4 Å². The van der Waals surface area contributed by atoms with Gasteiger partial charge in [-0.05, 0) is 48.9 Å². The van der Waals surface area contributed by atoms with Crippen molar-refractivity contribution in [2.24, 2.45) is 29.6 Å². The Morgan fingerprint density at radius 1 is 0.909 bits per heavy atom. The molecule has 0 heterocycles. The van der Waals surface area contributed by atoms with E-state index < -0.39 is 0 Å². The van der Waals surface area contributed by atoms with E-state index in [9.17, 15) is 0 Å². The molecular weight excluding hydrogens is 132 g/mol. The van der Waals surface area contributed by atoms with Gasteiger partial charge < -0.3 is 0 Å². The van der Waals surface area contributed by atoms with E-state index in [4.69, 9.17) is 0 Å². The highest BCUT2D eigenvalue weighted by atomic mass is 14.5. The average molecular weight is 152 g/mol. The highest BCUT2D eigenvalue weighted by Gasteiger charge is 2.43. The molecule has 64 valence electrons. The summed E-state index contributed by atoms with van der Waals surface area (Å²) in [7, 11) is 0. The van der Waals surface area contributed by atoms with Crippen LogP contribution in [0.3, 0.4) is 0 Å². The summed E-state index contributed by atoms with van der Waals surface area (Å²) < 4.78 is 0. The molecule has 0 aromatic carbocycles. The summed E-state index contributed by atoms with van der Waals surface area (Å²) in [5.41, 5.74) is 0. The van der Waals surface area contributed by atoms with E-state index in [2.05, 4.69) is 20.8 Å². The van der Waals surface area contributed by atoms with Crippen LogP contribution in [0.5, 0.6) is 0 Å². The van der Waals surface area contributed by atoms with Crippen molar-refractivity contribution in [2.75, 3.05) is 0 Å². The molecular formula is C11H20. The third-order valence-corrected chi connectivity index (χ3v) is 4.23. The fourth-order valence-electron chi connectivity index (χ4n) is 3.02. The van der Waals surface area contributed by atoms with Crippen molar-refractivity contribution in [1.29, 1.82) is 0 Å². The predicted molar refractivity (Wildman–Crippen MR) is 48.3 cm³/mol. The van der Waals surface area contributed by atoms with E-state index in [-0.39, 0.29) is 0 Å².